The molecule has 0 bridgehead atoms. The van der Waals surface area contributed by atoms with E-state index in [0.29, 0.717) is 12.1 Å². The number of hydrogen-bond acceptors (Lipinski definition) is 5. The molecular formula is C25H28N4O2S. The Morgan fingerprint density at radius 1 is 1.19 bits per heavy atom. The van der Waals surface area contributed by atoms with Crippen molar-refractivity contribution in [2.45, 2.75) is 46.3 Å². The lowest BCUT2D eigenvalue weighted by Gasteiger charge is -2.20. The van der Waals surface area contributed by atoms with Crippen LogP contribution in [0.15, 0.2) is 61.2 Å². The van der Waals surface area contributed by atoms with Crippen LogP contribution in [0.1, 0.15) is 43.1 Å². The summed E-state index contributed by atoms with van der Waals surface area (Å²) in [7, 11) is 0. The number of imidazole rings is 1. The molecule has 0 aliphatic heterocycles. The second-order valence-corrected chi connectivity index (χ2v) is 8.92. The zero-order valence-electron chi connectivity index (χ0n) is 18.7. The molecule has 0 aliphatic carbocycles. The van der Waals surface area contributed by atoms with E-state index in [2.05, 4.69) is 30.1 Å². The van der Waals surface area contributed by atoms with Gasteiger partial charge in [-0.25, -0.2) is 9.97 Å². The molecule has 0 saturated heterocycles. The van der Waals surface area contributed by atoms with Crippen molar-refractivity contribution >= 4 is 32.6 Å². The number of hydrogen-bond donors (Lipinski definition) is 0. The summed E-state index contributed by atoms with van der Waals surface area (Å²) in [6.07, 6.45) is 7.30. The van der Waals surface area contributed by atoms with Crippen LogP contribution >= 0.6 is 11.3 Å². The third kappa shape index (κ3) is 4.99. The van der Waals surface area contributed by atoms with Crippen LogP contribution in [0.25, 0.3) is 10.2 Å². The third-order valence-electron chi connectivity index (χ3n) is 5.18. The second-order valence-electron chi connectivity index (χ2n) is 7.92. The summed E-state index contributed by atoms with van der Waals surface area (Å²) in [6, 6.07) is 13.6. The SMILES string of the molecule is CCc1cccc2sc(N(CCCn3ccnc3)C(=O)c3ccc(OC(C)C)cc3)nc12. The van der Waals surface area contributed by atoms with E-state index in [-0.39, 0.29) is 12.0 Å². The first-order valence-corrected chi connectivity index (χ1v) is 11.8. The highest BCUT2D eigenvalue weighted by atomic mass is 32.1. The van der Waals surface area contributed by atoms with E-state index >= 15 is 0 Å². The minimum Gasteiger partial charge on any atom is -0.491 e. The molecule has 0 radical (unpaired) electrons. The molecule has 7 heteroatoms. The normalized spacial score (nSPS) is 11.2. The lowest BCUT2D eigenvalue weighted by molar-refractivity contribution is 0.0986. The Bertz CT molecular complexity index is 1170. The van der Waals surface area contributed by atoms with E-state index in [1.54, 1.807) is 28.8 Å². The topological polar surface area (TPSA) is 60.2 Å². The van der Waals surface area contributed by atoms with E-state index in [1.165, 1.54) is 5.56 Å². The number of anilines is 1. The van der Waals surface area contributed by atoms with Gasteiger partial charge >= 0.3 is 0 Å². The van der Waals surface area contributed by atoms with E-state index in [9.17, 15) is 4.79 Å². The minimum absolute atomic E-state index is 0.0520. The molecule has 1 amide bonds. The number of carbonyl (C=O) groups is 1. The van der Waals surface area contributed by atoms with Crippen LogP contribution in [0.2, 0.25) is 0 Å². The largest absolute Gasteiger partial charge is 0.491 e. The fraction of sp³-hybridized carbons (Fsp3) is 0.320. The fourth-order valence-electron chi connectivity index (χ4n) is 3.61. The van der Waals surface area contributed by atoms with Crippen molar-refractivity contribution in [2.24, 2.45) is 0 Å². The number of rotatable bonds is 9. The van der Waals surface area contributed by atoms with Gasteiger partial charge in [-0.2, -0.15) is 0 Å². The van der Waals surface area contributed by atoms with Crippen LogP contribution in [0.4, 0.5) is 5.13 Å². The van der Waals surface area contributed by atoms with Crippen molar-refractivity contribution in [2.75, 3.05) is 11.4 Å². The Hall–Kier alpha value is -3.19. The maximum Gasteiger partial charge on any atom is 0.260 e. The van der Waals surface area contributed by atoms with E-state index in [4.69, 9.17) is 9.72 Å². The van der Waals surface area contributed by atoms with Crippen molar-refractivity contribution in [3.63, 3.8) is 0 Å². The molecule has 4 rings (SSSR count). The third-order valence-corrected chi connectivity index (χ3v) is 6.22. The van der Waals surface area contributed by atoms with Gasteiger partial charge in [-0.05, 0) is 62.6 Å². The summed E-state index contributed by atoms with van der Waals surface area (Å²) in [4.78, 5) is 24.3. The van der Waals surface area contributed by atoms with Gasteiger partial charge in [0.05, 0.1) is 22.6 Å². The summed E-state index contributed by atoms with van der Waals surface area (Å²) in [5, 5.41) is 0.735. The Morgan fingerprint density at radius 3 is 2.69 bits per heavy atom. The van der Waals surface area contributed by atoms with Crippen molar-refractivity contribution in [1.29, 1.82) is 0 Å². The number of aromatic nitrogens is 3. The zero-order chi connectivity index (χ0) is 22.5. The van der Waals surface area contributed by atoms with Gasteiger partial charge in [-0.1, -0.05) is 30.4 Å². The fourth-order valence-corrected chi connectivity index (χ4v) is 4.65. The number of amides is 1. The summed E-state index contributed by atoms with van der Waals surface area (Å²) >= 11 is 1.57. The number of fused-ring (bicyclic) bond motifs is 1. The first-order valence-electron chi connectivity index (χ1n) is 11.0. The molecule has 0 N–H and O–H groups in total. The number of para-hydroxylation sites is 1. The molecule has 0 aliphatic rings. The molecule has 2 aromatic heterocycles. The molecule has 2 aromatic carbocycles. The smallest absolute Gasteiger partial charge is 0.260 e. The van der Waals surface area contributed by atoms with Crippen LogP contribution in [0.3, 0.4) is 0 Å². The number of benzene rings is 2. The second kappa shape index (κ2) is 9.96. The Morgan fingerprint density at radius 2 is 2.00 bits per heavy atom. The van der Waals surface area contributed by atoms with Crippen molar-refractivity contribution in [1.82, 2.24) is 14.5 Å². The molecular weight excluding hydrogens is 420 g/mol. The van der Waals surface area contributed by atoms with Crippen LogP contribution in [0.5, 0.6) is 5.75 Å². The molecule has 0 fully saturated rings. The quantitative estimate of drug-likeness (QED) is 0.335. The molecule has 0 saturated carbocycles. The van der Waals surface area contributed by atoms with Gasteiger partial charge in [-0.15, -0.1) is 0 Å². The minimum atomic E-state index is -0.0520. The first kappa shape index (κ1) is 22.0. The predicted octanol–water partition coefficient (Wildman–Crippen LogP) is 5.58. The van der Waals surface area contributed by atoms with Crippen LogP contribution in [-0.4, -0.2) is 33.1 Å². The summed E-state index contributed by atoms with van der Waals surface area (Å²) in [5.41, 5.74) is 2.81. The van der Waals surface area contributed by atoms with Gasteiger partial charge in [-0.3, -0.25) is 9.69 Å². The number of nitrogens with zero attached hydrogens (tertiary/aromatic N) is 4. The Balaban J connectivity index is 1.61. The highest BCUT2D eigenvalue weighted by Crippen LogP contribution is 2.32. The van der Waals surface area contributed by atoms with Crippen molar-refractivity contribution in [3.05, 3.63) is 72.3 Å². The van der Waals surface area contributed by atoms with E-state index in [1.807, 2.05) is 48.9 Å². The number of thiazole rings is 1. The van der Waals surface area contributed by atoms with Crippen molar-refractivity contribution < 1.29 is 9.53 Å². The van der Waals surface area contributed by atoms with Gasteiger partial charge in [0, 0.05) is 31.0 Å². The van der Waals surface area contributed by atoms with Gasteiger partial charge in [0.1, 0.15) is 5.75 Å². The van der Waals surface area contributed by atoms with Crippen LogP contribution in [-0.2, 0) is 13.0 Å². The lowest BCUT2D eigenvalue weighted by Crippen LogP contribution is -2.32. The molecule has 0 unspecified atom stereocenters. The van der Waals surface area contributed by atoms with Gasteiger partial charge in [0.15, 0.2) is 5.13 Å². The Kier molecular flexibility index (Phi) is 6.85. The number of aryl methyl sites for hydroxylation is 2. The predicted molar refractivity (Wildman–Crippen MR) is 130 cm³/mol. The highest BCUT2D eigenvalue weighted by Gasteiger charge is 2.22. The molecule has 6 nitrogen and oxygen atoms in total. The maximum absolute atomic E-state index is 13.5. The van der Waals surface area contributed by atoms with Crippen LogP contribution < -0.4 is 9.64 Å². The molecule has 166 valence electrons. The van der Waals surface area contributed by atoms with Gasteiger partial charge in [0.25, 0.3) is 5.91 Å². The van der Waals surface area contributed by atoms with Gasteiger partial charge in [0.2, 0.25) is 0 Å². The summed E-state index contributed by atoms with van der Waals surface area (Å²) in [6.45, 7) is 7.46. The first-order chi connectivity index (χ1) is 15.5. The number of carbonyl (C=O) groups excluding carboxylic acids is 1. The van der Waals surface area contributed by atoms with Gasteiger partial charge < -0.3 is 9.30 Å². The zero-order valence-corrected chi connectivity index (χ0v) is 19.5. The standard InChI is InChI=1S/C25H28N4O2S/c1-4-19-7-5-8-22-23(19)27-25(32-22)29(15-6-14-28-16-13-26-17-28)24(30)20-9-11-21(12-10-20)31-18(2)3/h5,7-13,16-18H,4,6,14-15H2,1-3H3. The van der Waals surface area contributed by atoms with E-state index < -0.39 is 0 Å². The molecule has 32 heavy (non-hydrogen) atoms. The van der Waals surface area contributed by atoms with Crippen LogP contribution in [0, 0.1) is 0 Å². The average molecular weight is 449 g/mol. The Labute approximate surface area is 192 Å². The summed E-state index contributed by atoms with van der Waals surface area (Å²) < 4.78 is 8.85. The van der Waals surface area contributed by atoms with Crippen molar-refractivity contribution in [3.8, 4) is 5.75 Å². The average Bonchev–Trinajstić information content (AvgIpc) is 3.46. The molecule has 0 atom stereocenters. The number of ether oxygens (including phenoxy) is 1. The highest BCUT2D eigenvalue weighted by molar-refractivity contribution is 7.22. The molecule has 0 spiro atoms. The monoisotopic (exact) mass is 448 g/mol. The van der Waals surface area contributed by atoms with E-state index in [0.717, 1.165) is 40.5 Å². The summed E-state index contributed by atoms with van der Waals surface area (Å²) in [5.74, 6) is 0.708. The molecule has 2 heterocycles. The lowest BCUT2D eigenvalue weighted by atomic mass is 10.1. The maximum atomic E-state index is 13.5. The molecule has 4 aromatic rings.